The zero-order valence-corrected chi connectivity index (χ0v) is 19.2. The number of hydrogen-bond acceptors (Lipinski definition) is 6. The zero-order chi connectivity index (χ0) is 24.2. The lowest BCUT2D eigenvalue weighted by Gasteiger charge is -2.36. The van der Waals surface area contributed by atoms with Crippen molar-refractivity contribution in [2.75, 3.05) is 37.6 Å². The minimum Gasteiger partial charge on any atom is -0.388 e. The van der Waals surface area contributed by atoms with Crippen LogP contribution in [0.5, 0.6) is 0 Å². The summed E-state index contributed by atoms with van der Waals surface area (Å²) in [4.78, 5) is 29.0. The normalized spacial score (nSPS) is 24.8. The fraction of sp³-hybridized carbons (Fsp3) is 0.417. The molecule has 2 amide bonds. The Morgan fingerprint density at radius 3 is 2.38 bits per heavy atom. The molecular formula is C24H27ClFN3O5. The molecule has 182 valence electrons. The second-order valence-corrected chi connectivity index (χ2v) is 8.85. The standard InChI is InChI=1S/C24H27ClFN3O5/c25-17-12-15(6-7-18(17)26)24(33)27-14-20-23(32)22(31)19(34-20)13-21(30)29-10-8-28(9-11-29)16-4-2-1-3-5-16/h1-7,12,19-20,22-23,31-32H,8-11,13-14H2,(H,27,33). The number of carbonyl (C=O) groups excluding carboxylic acids is 2. The molecule has 8 nitrogen and oxygen atoms in total. The number of halogens is 2. The molecule has 4 atom stereocenters. The number of ether oxygens (including phenoxy) is 1. The van der Waals surface area contributed by atoms with E-state index in [2.05, 4.69) is 10.2 Å². The van der Waals surface area contributed by atoms with Crippen LogP contribution >= 0.6 is 11.6 Å². The van der Waals surface area contributed by atoms with Crippen LogP contribution in [0.4, 0.5) is 10.1 Å². The van der Waals surface area contributed by atoms with Crippen molar-refractivity contribution in [2.24, 2.45) is 0 Å². The number of hydrogen-bond donors (Lipinski definition) is 3. The molecule has 0 spiro atoms. The predicted octanol–water partition coefficient (Wildman–Crippen LogP) is 1.44. The Morgan fingerprint density at radius 1 is 1.03 bits per heavy atom. The molecule has 0 bridgehead atoms. The molecule has 0 saturated carbocycles. The van der Waals surface area contributed by atoms with Gasteiger partial charge in [0.25, 0.3) is 5.91 Å². The van der Waals surface area contributed by atoms with Gasteiger partial charge in [0, 0.05) is 44.0 Å². The van der Waals surface area contributed by atoms with Crippen molar-refractivity contribution in [3.63, 3.8) is 0 Å². The maximum Gasteiger partial charge on any atom is 0.251 e. The molecular weight excluding hydrogens is 465 g/mol. The van der Waals surface area contributed by atoms with E-state index in [1.54, 1.807) is 4.90 Å². The molecule has 2 aromatic carbocycles. The van der Waals surface area contributed by atoms with Crippen LogP contribution in [-0.4, -0.2) is 84.1 Å². The summed E-state index contributed by atoms with van der Waals surface area (Å²) in [5, 5.41) is 23.1. The van der Waals surface area contributed by atoms with E-state index >= 15 is 0 Å². The van der Waals surface area contributed by atoms with Gasteiger partial charge in [-0.15, -0.1) is 0 Å². The number of amides is 2. The SMILES string of the molecule is O=C(NCC1OC(CC(=O)N2CCN(c3ccccc3)CC2)C(O)C1O)c1ccc(F)c(Cl)c1. The van der Waals surface area contributed by atoms with Gasteiger partial charge < -0.3 is 30.1 Å². The van der Waals surface area contributed by atoms with Crippen molar-refractivity contribution < 1.29 is 28.9 Å². The van der Waals surface area contributed by atoms with Crippen LogP contribution in [0.3, 0.4) is 0 Å². The molecule has 2 heterocycles. The predicted molar refractivity (Wildman–Crippen MR) is 124 cm³/mol. The van der Waals surface area contributed by atoms with E-state index in [4.69, 9.17) is 16.3 Å². The number of aliphatic hydroxyl groups excluding tert-OH is 2. The Bertz CT molecular complexity index is 1020. The van der Waals surface area contributed by atoms with Gasteiger partial charge in [0.15, 0.2) is 0 Å². The van der Waals surface area contributed by atoms with Gasteiger partial charge >= 0.3 is 0 Å². The highest BCUT2D eigenvalue weighted by atomic mass is 35.5. The number of nitrogens with one attached hydrogen (secondary N) is 1. The summed E-state index contributed by atoms with van der Waals surface area (Å²) in [6.07, 6.45) is -4.34. The molecule has 2 saturated heterocycles. The zero-order valence-electron chi connectivity index (χ0n) is 18.4. The molecule has 2 aromatic rings. The molecule has 3 N–H and O–H groups in total. The first-order valence-electron chi connectivity index (χ1n) is 11.2. The number of nitrogens with zero attached hydrogens (tertiary/aromatic N) is 2. The van der Waals surface area contributed by atoms with Crippen molar-refractivity contribution in [3.05, 3.63) is 64.9 Å². The molecule has 0 aliphatic carbocycles. The van der Waals surface area contributed by atoms with E-state index in [0.717, 1.165) is 11.8 Å². The quantitative estimate of drug-likeness (QED) is 0.565. The molecule has 10 heteroatoms. The summed E-state index contributed by atoms with van der Waals surface area (Å²) in [7, 11) is 0. The van der Waals surface area contributed by atoms with Crippen LogP contribution in [0.2, 0.25) is 5.02 Å². The molecule has 0 aromatic heterocycles. The number of benzene rings is 2. The van der Waals surface area contributed by atoms with Crippen LogP contribution in [0.25, 0.3) is 0 Å². The molecule has 2 aliphatic heterocycles. The highest BCUT2D eigenvalue weighted by Crippen LogP contribution is 2.25. The fourth-order valence-electron chi connectivity index (χ4n) is 4.25. The van der Waals surface area contributed by atoms with Gasteiger partial charge in [-0.2, -0.15) is 0 Å². The second-order valence-electron chi connectivity index (χ2n) is 8.44. The lowest BCUT2D eigenvalue weighted by Crippen LogP contribution is -2.49. The van der Waals surface area contributed by atoms with Crippen LogP contribution in [-0.2, 0) is 9.53 Å². The van der Waals surface area contributed by atoms with Gasteiger partial charge in [0.05, 0.1) is 17.5 Å². The lowest BCUT2D eigenvalue weighted by atomic mass is 10.0. The molecule has 0 radical (unpaired) electrons. The summed E-state index contributed by atoms with van der Waals surface area (Å²) in [6.45, 7) is 2.42. The smallest absolute Gasteiger partial charge is 0.251 e. The van der Waals surface area contributed by atoms with Gasteiger partial charge in [-0.05, 0) is 30.3 Å². The molecule has 4 unspecified atom stereocenters. The van der Waals surface area contributed by atoms with Gasteiger partial charge in [-0.1, -0.05) is 29.8 Å². The number of carbonyl (C=O) groups is 2. The second kappa shape index (κ2) is 10.7. The molecule has 4 rings (SSSR count). The van der Waals surface area contributed by atoms with E-state index in [-0.39, 0.29) is 29.5 Å². The maximum atomic E-state index is 13.3. The third-order valence-electron chi connectivity index (χ3n) is 6.24. The van der Waals surface area contributed by atoms with Crippen LogP contribution < -0.4 is 10.2 Å². The average molecular weight is 492 g/mol. The van der Waals surface area contributed by atoms with Crippen molar-refractivity contribution in [1.29, 1.82) is 0 Å². The van der Waals surface area contributed by atoms with Gasteiger partial charge in [-0.25, -0.2) is 4.39 Å². The van der Waals surface area contributed by atoms with Gasteiger partial charge in [-0.3, -0.25) is 9.59 Å². The Hall–Kier alpha value is -2.72. The van der Waals surface area contributed by atoms with Crippen LogP contribution in [0.15, 0.2) is 48.5 Å². The van der Waals surface area contributed by atoms with E-state index < -0.39 is 36.1 Å². The van der Waals surface area contributed by atoms with Crippen LogP contribution in [0.1, 0.15) is 16.8 Å². The number of aliphatic hydroxyl groups is 2. The Balaban J connectivity index is 1.26. The Labute approximate surface area is 201 Å². The largest absolute Gasteiger partial charge is 0.388 e. The molecule has 2 aliphatic rings. The van der Waals surface area contributed by atoms with Gasteiger partial charge in [0.1, 0.15) is 24.1 Å². The van der Waals surface area contributed by atoms with Crippen molar-refractivity contribution in [3.8, 4) is 0 Å². The number of rotatable bonds is 6. The van der Waals surface area contributed by atoms with Crippen molar-refractivity contribution in [2.45, 2.75) is 30.8 Å². The lowest BCUT2D eigenvalue weighted by molar-refractivity contribution is -0.135. The van der Waals surface area contributed by atoms with Gasteiger partial charge in [0.2, 0.25) is 5.91 Å². The average Bonchev–Trinajstić information content (AvgIpc) is 3.12. The van der Waals surface area contributed by atoms with Crippen molar-refractivity contribution in [1.82, 2.24) is 10.2 Å². The van der Waals surface area contributed by atoms with Crippen LogP contribution in [0, 0.1) is 5.82 Å². The van der Waals surface area contributed by atoms with E-state index in [1.165, 1.54) is 12.1 Å². The Kier molecular flexibility index (Phi) is 7.67. The maximum absolute atomic E-state index is 13.3. The highest BCUT2D eigenvalue weighted by Gasteiger charge is 2.44. The molecule has 34 heavy (non-hydrogen) atoms. The minimum atomic E-state index is -1.26. The monoisotopic (exact) mass is 491 g/mol. The third-order valence-corrected chi connectivity index (χ3v) is 6.53. The highest BCUT2D eigenvalue weighted by molar-refractivity contribution is 6.31. The minimum absolute atomic E-state index is 0.0679. The number of piperazine rings is 1. The van der Waals surface area contributed by atoms with E-state index in [9.17, 15) is 24.2 Å². The topological polar surface area (TPSA) is 102 Å². The summed E-state index contributed by atoms with van der Waals surface area (Å²) >= 11 is 5.71. The third kappa shape index (κ3) is 5.50. The first-order chi connectivity index (χ1) is 16.3. The summed E-state index contributed by atoms with van der Waals surface area (Å²) in [6, 6.07) is 13.6. The van der Waals surface area contributed by atoms with E-state index in [1.807, 2.05) is 30.3 Å². The molecule has 2 fully saturated rings. The Morgan fingerprint density at radius 2 is 1.71 bits per heavy atom. The first-order valence-corrected chi connectivity index (χ1v) is 11.5. The number of anilines is 1. The fourth-order valence-corrected chi connectivity index (χ4v) is 4.43. The van der Waals surface area contributed by atoms with Crippen molar-refractivity contribution >= 4 is 29.1 Å². The van der Waals surface area contributed by atoms with E-state index in [0.29, 0.717) is 26.2 Å². The summed E-state index contributed by atoms with van der Waals surface area (Å²) in [5.41, 5.74) is 1.26. The first kappa shape index (κ1) is 24.4. The summed E-state index contributed by atoms with van der Waals surface area (Å²) < 4.78 is 19.0. The number of para-hydroxylation sites is 1. The summed E-state index contributed by atoms with van der Waals surface area (Å²) in [5.74, 6) is -1.32.